The molecule has 0 aliphatic heterocycles. The topological polar surface area (TPSA) is 66.3 Å². The van der Waals surface area contributed by atoms with Crippen molar-refractivity contribution in [2.24, 2.45) is 9.98 Å². The summed E-state index contributed by atoms with van der Waals surface area (Å²) in [7, 11) is 0. The Morgan fingerprint density at radius 3 is 2.00 bits per heavy atom. The smallest absolute Gasteiger partial charge is 0.241 e. The number of hydrogen-bond acceptors (Lipinski definition) is 4. The van der Waals surface area contributed by atoms with E-state index in [9.17, 15) is 8.78 Å². The van der Waals surface area contributed by atoms with Crippen LogP contribution < -0.4 is 0 Å². The molecule has 1 N–H and O–H groups in total. The largest absolute Gasteiger partial charge is 0.269 e. The molecule has 0 saturated heterocycles. The van der Waals surface area contributed by atoms with Crippen molar-refractivity contribution >= 4 is 24.3 Å². The number of aromatic nitrogens is 3. The van der Waals surface area contributed by atoms with Gasteiger partial charge in [0.1, 0.15) is 11.6 Å². The molecule has 0 bridgehead atoms. The molecule has 1 aromatic heterocycles. The van der Waals surface area contributed by atoms with E-state index in [-0.39, 0.29) is 23.5 Å². The van der Waals surface area contributed by atoms with Gasteiger partial charge in [0, 0.05) is 23.6 Å². The Morgan fingerprint density at radius 1 is 0.826 bits per heavy atom. The van der Waals surface area contributed by atoms with Gasteiger partial charge < -0.3 is 0 Å². The Morgan fingerprint density at radius 2 is 1.39 bits per heavy atom. The van der Waals surface area contributed by atoms with Crippen molar-refractivity contribution in [1.29, 1.82) is 0 Å². The first-order chi connectivity index (χ1) is 11.2. The van der Waals surface area contributed by atoms with Gasteiger partial charge in [0.2, 0.25) is 5.95 Å². The highest BCUT2D eigenvalue weighted by atomic mass is 19.1. The zero-order valence-electron chi connectivity index (χ0n) is 11.8. The maximum atomic E-state index is 13.4. The van der Waals surface area contributed by atoms with Crippen LogP contribution in [0.1, 0.15) is 11.1 Å². The van der Waals surface area contributed by atoms with E-state index in [1.54, 1.807) is 36.4 Å². The van der Waals surface area contributed by atoms with Crippen LogP contribution in [0.2, 0.25) is 0 Å². The minimum absolute atomic E-state index is 0.105. The summed E-state index contributed by atoms with van der Waals surface area (Å²) in [4.78, 5) is 11.9. The molecule has 3 rings (SSSR count). The van der Waals surface area contributed by atoms with Gasteiger partial charge in [0.25, 0.3) is 5.95 Å². The van der Waals surface area contributed by atoms with Crippen molar-refractivity contribution < 1.29 is 8.78 Å². The number of H-pyrrole nitrogens is 1. The molecule has 1 heterocycles. The molecule has 0 aliphatic carbocycles. The van der Waals surface area contributed by atoms with Crippen molar-refractivity contribution in [3.05, 3.63) is 71.3 Å². The summed E-state index contributed by atoms with van der Waals surface area (Å²) in [6.07, 6.45) is 2.66. The van der Waals surface area contributed by atoms with Gasteiger partial charge in [0.15, 0.2) is 0 Å². The van der Waals surface area contributed by atoms with Crippen LogP contribution in [0, 0.1) is 11.6 Å². The lowest BCUT2D eigenvalue weighted by Crippen LogP contribution is -1.86. The van der Waals surface area contributed by atoms with Crippen molar-refractivity contribution in [2.45, 2.75) is 0 Å². The average Bonchev–Trinajstić information content (AvgIpc) is 3.01. The fourth-order valence-electron chi connectivity index (χ4n) is 1.78. The predicted molar refractivity (Wildman–Crippen MR) is 83.7 cm³/mol. The molecule has 3 aromatic rings. The average molecular weight is 311 g/mol. The number of hydrogen-bond donors (Lipinski definition) is 1. The molecule has 7 heteroatoms. The Balaban J connectivity index is 1.74. The van der Waals surface area contributed by atoms with E-state index in [0.29, 0.717) is 11.1 Å². The first-order valence-corrected chi connectivity index (χ1v) is 6.72. The third-order valence-corrected chi connectivity index (χ3v) is 2.92. The Bertz CT molecular complexity index is 800. The third kappa shape index (κ3) is 3.70. The van der Waals surface area contributed by atoms with E-state index in [1.165, 1.54) is 24.6 Å². The highest BCUT2D eigenvalue weighted by Gasteiger charge is 2.01. The summed E-state index contributed by atoms with van der Waals surface area (Å²) < 4.78 is 26.9. The van der Waals surface area contributed by atoms with Gasteiger partial charge in [-0.1, -0.05) is 36.4 Å². The molecule has 0 radical (unpaired) electrons. The van der Waals surface area contributed by atoms with Crippen LogP contribution in [0.25, 0.3) is 0 Å². The SMILES string of the molecule is Fc1ccccc1C=Nc1n[nH]c(N=Cc2ccccc2F)n1. The molecule has 23 heavy (non-hydrogen) atoms. The highest BCUT2D eigenvalue weighted by molar-refractivity contribution is 5.82. The zero-order valence-corrected chi connectivity index (χ0v) is 11.8. The second kappa shape index (κ2) is 6.69. The van der Waals surface area contributed by atoms with Crippen LogP contribution in [0.3, 0.4) is 0 Å². The minimum atomic E-state index is -0.385. The van der Waals surface area contributed by atoms with Crippen LogP contribution in [0.5, 0.6) is 0 Å². The molecule has 0 amide bonds. The quantitative estimate of drug-likeness (QED) is 0.748. The van der Waals surface area contributed by atoms with Crippen molar-refractivity contribution in [1.82, 2.24) is 15.2 Å². The molecule has 2 aromatic carbocycles. The molecular formula is C16H11F2N5. The van der Waals surface area contributed by atoms with Gasteiger partial charge in [-0.25, -0.2) is 23.9 Å². The molecule has 0 saturated carbocycles. The van der Waals surface area contributed by atoms with E-state index in [1.807, 2.05) is 0 Å². The number of halogens is 2. The van der Waals surface area contributed by atoms with Gasteiger partial charge in [-0.15, -0.1) is 5.10 Å². The first-order valence-electron chi connectivity index (χ1n) is 6.72. The maximum Gasteiger partial charge on any atom is 0.269 e. The summed E-state index contributed by atoms with van der Waals surface area (Å²) in [5, 5.41) is 6.39. The summed E-state index contributed by atoms with van der Waals surface area (Å²) >= 11 is 0. The van der Waals surface area contributed by atoms with Crippen molar-refractivity contribution in [3.8, 4) is 0 Å². The van der Waals surface area contributed by atoms with Gasteiger partial charge in [0.05, 0.1) is 0 Å². The zero-order chi connectivity index (χ0) is 16.1. The lowest BCUT2D eigenvalue weighted by Gasteiger charge is -1.93. The monoisotopic (exact) mass is 311 g/mol. The lowest BCUT2D eigenvalue weighted by molar-refractivity contribution is 0.625. The second-order valence-corrected chi connectivity index (χ2v) is 4.52. The fraction of sp³-hybridized carbons (Fsp3) is 0. The highest BCUT2D eigenvalue weighted by Crippen LogP contribution is 2.12. The van der Waals surface area contributed by atoms with Crippen LogP contribution in [0.15, 0.2) is 58.5 Å². The van der Waals surface area contributed by atoms with Crippen molar-refractivity contribution in [2.75, 3.05) is 0 Å². The number of nitrogens with zero attached hydrogens (tertiary/aromatic N) is 4. The molecule has 0 unspecified atom stereocenters. The predicted octanol–water partition coefficient (Wildman–Crippen LogP) is 3.58. The number of aliphatic imine (C=N–C) groups is 2. The molecule has 0 fully saturated rings. The Kier molecular flexibility index (Phi) is 4.28. The van der Waals surface area contributed by atoms with E-state index < -0.39 is 0 Å². The fourth-order valence-corrected chi connectivity index (χ4v) is 1.78. The standard InChI is InChI=1S/C16H11F2N5/c17-13-7-3-1-5-11(13)9-19-15-21-16(23-22-15)20-10-12-6-2-4-8-14(12)18/h1-10H,(H,21,22,23). The molecule has 0 spiro atoms. The summed E-state index contributed by atoms with van der Waals surface area (Å²) in [5.41, 5.74) is 0.661. The van der Waals surface area contributed by atoms with Gasteiger partial charge in [-0.2, -0.15) is 4.98 Å². The molecule has 114 valence electrons. The molecule has 0 aliphatic rings. The minimum Gasteiger partial charge on any atom is -0.241 e. The maximum absolute atomic E-state index is 13.4. The van der Waals surface area contributed by atoms with Crippen LogP contribution in [-0.4, -0.2) is 27.6 Å². The first kappa shape index (κ1) is 14.7. The van der Waals surface area contributed by atoms with Crippen LogP contribution >= 0.6 is 0 Å². The van der Waals surface area contributed by atoms with E-state index >= 15 is 0 Å². The van der Waals surface area contributed by atoms with Gasteiger partial charge in [-0.05, 0) is 12.1 Å². The molecule has 0 atom stereocenters. The van der Waals surface area contributed by atoms with Gasteiger partial charge in [-0.3, -0.25) is 0 Å². The summed E-state index contributed by atoms with van der Waals surface area (Å²) in [6, 6.07) is 12.4. The van der Waals surface area contributed by atoms with Crippen molar-refractivity contribution in [3.63, 3.8) is 0 Å². The van der Waals surface area contributed by atoms with E-state index in [4.69, 9.17) is 0 Å². The number of rotatable bonds is 4. The third-order valence-electron chi connectivity index (χ3n) is 2.92. The van der Waals surface area contributed by atoms with Crippen LogP contribution in [0.4, 0.5) is 20.7 Å². The van der Waals surface area contributed by atoms with Crippen LogP contribution in [-0.2, 0) is 0 Å². The normalized spacial score (nSPS) is 11.6. The second-order valence-electron chi connectivity index (χ2n) is 4.52. The number of aromatic amines is 1. The molecule has 5 nitrogen and oxygen atoms in total. The van der Waals surface area contributed by atoms with E-state index in [0.717, 1.165) is 0 Å². The summed E-state index contributed by atoms with van der Waals surface area (Å²) in [5.74, 6) is -0.485. The Hall–Kier alpha value is -3.22. The lowest BCUT2D eigenvalue weighted by atomic mass is 10.2. The Labute approximate surface area is 130 Å². The number of benzene rings is 2. The van der Waals surface area contributed by atoms with Gasteiger partial charge >= 0.3 is 0 Å². The summed E-state index contributed by atoms with van der Waals surface area (Å²) in [6.45, 7) is 0. The molecular weight excluding hydrogens is 300 g/mol. The van der Waals surface area contributed by atoms with E-state index in [2.05, 4.69) is 25.2 Å². The number of nitrogens with one attached hydrogen (secondary N) is 1.